The quantitative estimate of drug-likeness (QED) is 0.618. The number of fused-ring (bicyclic) bond motifs is 5. The van der Waals surface area contributed by atoms with Crippen molar-refractivity contribution in [1.29, 1.82) is 0 Å². The average Bonchev–Trinajstić information content (AvgIpc) is 2.88. The van der Waals surface area contributed by atoms with E-state index in [-0.39, 0.29) is 5.41 Å². The molecule has 1 aliphatic carbocycles. The van der Waals surface area contributed by atoms with E-state index in [1.807, 2.05) is 0 Å². The number of nitrogens with zero attached hydrogens (tertiary/aromatic N) is 1. The molecule has 3 aliphatic rings. The normalized spacial score (nSPS) is 27.1. The van der Waals surface area contributed by atoms with Gasteiger partial charge in [-0.25, -0.2) is 0 Å². The molecule has 1 saturated carbocycles. The molecule has 1 fully saturated rings. The van der Waals surface area contributed by atoms with E-state index < -0.39 is 0 Å². The number of para-hydroxylation sites is 2. The van der Waals surface area contributed by atoms with E-state index in [1.165, 1.54) is 42.5 Å². The summed E-state index contributed by atoms with van der Waals surface area (Å²) < 4.78 is 0. The second-order valence-corrected chi connectivity index (χ2v) is 7.71. The van der Waals surface area contributed by atoms with Crippen LogP contribution in [-0.4, -0.2) is 6.04 Å². The van der Waals surface area contributed by atoms with Gasteiger partial charge in [-0.2, -0.15) is 0 Å². The monoisotopic (exact) mass is 289 g/mol. The third-order valence-corrected chi connectivity index (χ3v) is 6.28. The van der Waals surface area contributed by atoms with Gasteiger partial charge in [0.2, 0.25) is 0 Å². The van der Waals surface area contributed by atoms with Crippen LogP contribution in [-0.2, 0) is 5.41 Å². The third-order valence-electron chi connectivity index (χ3n) is 6.28. The molecule has 5 rings (SSSR count). The van der Waals surface area contributed by atoms with E-state index in [2.05, 4.69) is 61.2 Å². The molecule has 0 aromatic heterocycles. The van der Waals surface area contributed by atoms with Crippen LogP contribution in [0.4, 0.5) is 11.4 Å². The molecule has 2 atom stereocenters. The van der Waals surface area contributed by atoms with Crippen molar-refractivity contribution in [2.24, 2.45) is 0 Å². The van der Waals surface area contributed by atoms with Gasteiger partial charge in [-0.05, 0) is 35.6 Å². The molecule has 2 aromatic carbocycles. The molecule has 22 heavy (non-hydrogen) atoms. The van der Waals surface area contributed by atoms with Gasteiger partial charge in [0, 0.05) is 28.7 Å². The Morgan fingerprint density at radius 1 is 0.909 bits per heavy atom. The van der Waals surface area contributed by atoms with E-state index in [0.29, 0.717) is 6.04 Å². The van der Waals surface area contributed by atoms with Gasteiger partial charge in [-0.1, -0.05) is 63.1 Å². The van der Waals surface area contributed by atoms with Crippen molar-refractivity contribution in [3.8, 4) is 0 Å². The zero-order valence-electron chi connectivity index (χ0n) is 13.5. The van der Waals surface area contributed by atoms with Gasteiger partial charge in [-0.15, -0.1) is 0 Å². The summed E-state index contributed by atoms with van der Waals surface area (Å²) >= 11 is 0. The summed E-state index contributed by atoms with van der Waals surface area (Å²) in [6.45, 7) is 4.78. The molecule has 2 aliphatic heterocycles. The second kappa shape index (κ2) is 4.16. The molecule has 2 unspecified atom stereocenters. The van der Waals surface area contributed by atoms with Crippen LogP contribution >= 0.6 is 0 Å². The van der Waals surface area contributed by atoms with Gasteiger partial charge in [0.25, 0.3) is 0 Å². The Balaban J connectivity index is 1.85. The number of hydrogen-bond acceptors (Lipinski definition) is 1. The van der Waals surface area contributed by atoms with Crippen LogP contribution in [0.1, 0.15) is 62.1 Å². The Kier molecular flexibility index (Phi) is 2.41. The zero-order valence-corrected chi connectivity index (χ0v) is 13.5. The Morgan fingerprint density at radius 3 is 2.59 bits per heavy atom. The standard InChI is InChI=1S/C21H23N/c1-21(2)16-10-4-6-13-19(16)22-18-12-5-3-8-14(18)15-9-7-11-17(21)20(15)22/h4,6-7,9-11,13-14,18H,3,5,8,12H2,1-2H3. The summed E-state index contributed by atoms with van der Waals surface area (Å²) in [6, 6.07) is 16.8. The number of hydrogen-bond donors (Lipinski definition) is 0. The molecule has 0 radical (unpaired) electrons. The van der Waals surface area contributed by atoms with Crippen molar-refractivity contribution >= 4 is 11.4 Å². The largest absolute Gasteiger partial charge is 0.337 e. The number of benzene rings is 2. The highest BCUT2D eigenvalue weighted by molar-refractivity contribution is 5.83. The summed E-state index contributed by atoms with van der Waals surface area (Å²) in [7, 11) is 0. The average molecular weight is 289 g/mol. The predicted octanol–water partition coefficient (Wildman–Crippen LogP) is 5.50. The van der Waals surface area contributed by atoms with Gasteiger partial charge < -0.3 is 4.90 Å². The van der Waals surface area contributed by atoms with Crippen LogP contribution in [0, 0.1) is 0 Å². The van der Waals surface area contributed by atoms with E-state index in [1.54, 1.807) is 11.3 Å². The summed E-state index contributed by atoms with van der Waals surface area (Å²) in [6.07, 6.45) is 5.48. The molecular weight excluding hydrogens is 266 g/mol. The lowest BCUT2D eigenvalue weighted by atomic mass is 9.73. The third kappa shape index (κ3) is 1.40. The number of rotatable bonds is 0. The fraction of sp³-hybridized carbons (Fsp3) is 0.429. The van der Waals surface area contributed by atoms with E-state index in [9.17, 15) is 0 Å². The van der Waals surface area contributed by atoms with Crippen LogP contribution in [0.25, 0.3) is 0 Å². The van der Waals surface area contributed by atoms with Crippen molar-refractivity contribution in [2.75, 3.05) is 4.90 Å². The SMILES string of the molecule is CC1(C)c2ccccc2N2c3c(cccc31)C1CCCCC12. The maximum absolute atomic E-state index is 2.70. The smallest absolute Gasteiger partial charge is 0.0491 e. The van der Waals surface area contributed by atoms with Crippen LogP contribution in [0.2, 0.25) is 0 Å². The van der Waals surface area contributed by atoms with Gasteiger partial charge in [0.1, 0.15) is 0 Å². The second-order valence-electron chi connectivity index (χ2n) is 7.71. The Bertz CT molecular complexity index is 758. The minimum Gasteiger partial charge on any atom is -0.337 e. The van der Waals surface area contributed by atoms with E-state index in [4.69, 9.17) is 0 Å². The van der Waals surface area contributed by atoms with Gasteiger partial charge in [0.05, 0.1) is 0 Å². The molecule has 0 bridgehead atoms. The Hall–Kier alpha value is -1.76. The topological polar surface area (TPSA) is 3.24 Å². The maximum atomic E-state index is 2.70. The lowest BCUT2D eigenvalue weighted by Gasteiger charge is -2.43. The van der Waals surface area contributed by atoms with Gasteiger partial charge in [0.15, 0.2) is 0 Å². The lowest BCUT2D eigenvalue weighted by molar-refractivity contribution is 0.400. The molecule has 0 amide bonds. The molecule has 1 heteroatoms. The highest BCUT2D eigenvalue weighted by Crippen LogP contribution is 2.59. The first-order valence-electron chi connectivity index (χ1n) is 8.72. The Labute approximate surface area is 133 Å². The highest BCUT2D eigenvalue weighted by atomic mass is 15.2. The Morgan fingerprint density at radius 2 is 1.68 bits per heavy atom. The van der Waals surface area contributed by atoms with Crippen LogP contribution in [0.3, 0.4) is 0 Å². The minimum absolute atomic E-state index is 0.103. The fourth-order valence-electron chi connectivity index (χ4n) is 5.24. The van der Waals surface area contributed by atoms with E-state index >= 15 is 0 Å². The first-order valence-corrected chi connectivity index (χ1v) is 8.72. The van der Waals surface area contributed by atoms with Crippen molar-refractivity contribution in [2.45, 2.75) is 56.9 Å². The molecule has 0 N–H and O–H groups in total. The van der Waals surface area contributed by atoms with Crippen LogP contribution < -0.4 is 4.90 Å². The first kappa shape index (κ1) is 12.8. The first-order chi connectivity index (χ1) is 10.7. The fourth-order valence-corrected chi connectivity index (χ4v) is 5.24. The summed E-state index contributed by atoms with van der Waals surface area (Å²) in [4.78, 5) is 2.70. The molecule has 0 saturated heterocycles. The van der Waals surface area contributed by atoms with Crippen LogP contribution in [0.15, 0.2) is 42.5 Å². The van der Waals surface area contributed by atoms with Crippen molar-refractivity contribution in [3.05, 3.63) is 59.2 Å². The van der Waals surface area contributed by atoms with Crippen LogP contribution in [0.5, 0.6) is 0 Å². The number of anilines is 2. The molecular formula is C21H23N. The molecule has 0 spiro atoms. The van der Waals surface area contributed by atoms with Gasteiger partial charge in [-0.3, -0.25) is 0 Å². The lowest BCUT2D eigenvalue weighted by Crippen LogP contribution is -2.38. The predicted molar refractivity (Wildman–Crippen MR) is 92.1 cm³/mol. The summed E-state index contributed by atoms with van der Waals surface area (Å²) in [5, 5.41) is 0. The minimum atomic E-state index is 0.103. The molecule has 2 aromatic rings. The molecule has 2 heterocycles. The van der Waals surface area contributed by atoms with Crippen molar-refractivity contribution in [3.63, 3.8) is 0 Å². The zero-order chi connectivity index (χ0) is 14.9. The molecule has 1 nitrogen and oxygen atoms in total. The highest BCUT2D eigenvalue weighted by Gasteiger charge is 2.47. The maximum Gasteiger partial charge on any atom is 0.0491 e. The summed E-state index contributed by atoms with van der Waals surface area (Å²) in [5.41, 5.74) is 7.74. The summed E-state index contributed by atoms with van der Waals surface area (Å²) in [5.74, 6) is 0.741. The van der Waals surface area contributed by atoms with Gasteiger partial charge >= 0.3 is 0 Å². The van der Waals surface area contributed by atoms with Crippen molar-refractivity contribution < 1.29 is 0 Å². The van der Waals surface area contributed by atoms with Crippen molar-refractivity contribution in [1.82, 2.24) is 0 Å². The molecule has 112 valence electrons. The van der Waals surface area contributed by atoms with E-state index in [0.717, 1.165) is 5.92 Å².